The van der Waals surface area contributed by atoms with Gasteiger partial charge in [0, 0.05) is 26.9 Å². The molecule has 1 N–H and O–H groups in total. The van der Waals surface area contributed by atoms with Gasteiger partial charge in [-0.25, -0.2) is 4.39 Å². The van der Waals surface area contributed by atoms with Crippen molar-refractivity contribution in [1.82, 2.24) is 10.3 Å². The van der Waals surface area contributed by atoms with Crippen molar-refractivity contribution in [3.05, 3.63) is 47.8 Å². The zero-order valence-electron chi connectivity index (χ0n) is 12.8. The molecule has 0 heterocycles. The summed E-state index contributed by atoms with van der Waals surface area (Å²) in [7, 11) is 3.69. The highest BCUT2D eigenvalue weighted by Gasteiger charge is 2.14. The fraction of sp³-hybridized carbons (Fsp3) is 0.438. The maximum Gasteiger partial charge on any atom is 0.126 e. The van der Waals surface area contributed by atoms with E-state index in [2.05, 4.69) is 17.0 Å². The van der Waals surface area contributed by atoms with E-state index in [1.165, 1.54) is 6.07 Å². The van der Waals surface area contributed by atoms with Crippen LogP contribution in [-0.4, -0.2) is 36.7 Å². The Morgan fingerprint density at radius 1 is 1.48 bits per heavy atom. The predicted octanol–water partition coefficient (Wildman–Crippen LogP) is 3.19. The number of alkyl halides is 1. The second-order valence-corrected chi connectivity index (χ2v) is 5.48. The summed E-state index contributed by atoms with van der Waals surface area (Å²) < 4.78 is 13.5. The molecule has 0 radical (unpaired) electrons. The quantitative estimate of drug-likeness (QED) is 0.345. The average Bonchev–Trinajstić information content (AvgIpc) is 2.47. The lowest BCUT2D eigenvalue weighted by Crippen LogP contribution is -2.37. The van der Waals surface area contributed by atoms with Crippen molar-refractivity contribution in [2.45, 2.75) is 31.3 Å². The number of hydrazone groups is 1. The molecule has 0 saturated heterocycles. The lowest BCUT2D eigenvalue weighted by molar-refractivity contribution is 0.435. The zero-order valence-corrected chi connectivity index (χ0v) is 13.6. The van der Waals surface area contributed by atoms with Gasteiger partial charge in [0.1, 0.15) is 5.82 Å². The Balaban J connectivity index is 2.74. The van der Waals surface area contributed by atoms with Gasteiger partial charge in [-0.05, 0) is 23.6 Å². The smallest absolute Gasteiger partial charge is 0.126 e. The molecule has 1 aromatic rings. The molecule has 0 saturated carbocycles. The van der Waals surface area contributed by atoms with Crippen molar-refractivity contribution in [2.24, 2.45) is 5.10 Å². The molecule has 0 aliphatic rings. The number of halogens is 2. The molecule has 3 nitrogen and oxygen atoms in total. The highest BCUT2D eigenvalue weighted by molar-refractivity contribution is 6.23. The van der Waals surface area contributed by atoms with Gasteiger partial charge in [-0.15, -0.1) is 18.2 Å². The van der Waals surface area contributed by atoms with Crippen LogP contribution in [0.4, 0.5) is 4.39 Å². The van der Waals surface area contributed by atoms with Crippen LogP contribution in [0.5, 0.6) is 0 Å². The van der Waals surface area contributed by atoms with Gasteiger partial charge in [-0.3, -0.25) is 0 Å². The van der Waals surface area contributed by atoms with Gasteiger partial charge in [-0.1, -0.05) is 25.1 Å². The highest BCUT2D eigenvalue weighted by Crippen LogP contribution is 2.12. The molecule has 0 aliphatic carbocycles. The van der Waals surface area contributed by atoms with Crippen LogP contribution < -0.4 is 5.32 Å². The monoisotopic (exact) mass is 311 g/mol. The van der Waals surface area contributed by atoms with Crippen LogP contribution in [0.2, 0.25) is 0 Å². The number of nitrogens with zero attached hydrogens (tertiary/aromatic N) is 2. The molecule has 2 atom stereocenters. The molecular formula is C16H23ClFN3. The number of hydrogen-bond acceptors (Lipinski definition) is 3. The fourth-order valence-electron chi connectivity index (χ4n) is 1.84. The Morgan fingerprint density at radius 3 is 2.76 bits per heavy atom. The van der Waals surface area contributed by atoms with Crippen LogP contribution in [0.15, 0.2) is 36.0 Å². The van der Waals surface area contributed by atoms with E-state index >= 15 is 0 Å². The topological polar surface area (TPSA) is 27.6 Å². The highest BCUT2D eigenvalue weighted by atomic mass is 35.5. The number of rotatable bonds is 8. The van der Waals surface area contributed by atoms with E-state index in [4.69, 9.17) is 11.6 Å². The second kappa shape index (κ2) is 8.80. The first-order valence-corrected chi connectivity index (χ1v) is 7.40. The summed E-state index contributed by atoms with van der Waals surface area (Å²) >= 11 is 6.21. The van der Waals surface area contributed by atoms with Gasteiger partial charge in [0.15, 0.2) is 0 Å². The first-order valence-electron chi connectivity index (χ1n) is 6.96. The summed E-state index contributed by atoms with van der Waals surface area (Å²) in [6.45, 7) is 6.24. The molecule has 1 rings (SSSR count). The van der Waals surface area contributed by atoms with E-state index in [9.17, 15) is 4.39 Å². The summed E-state index contributed by atoms with van der Waals surface area (Å²) in [5.41, 5.74) is 1.74. The minimum Gasteiger partial charge on any atom is -0.303 e. The second-order valence-electron chi connectivity index (χ2n) is 4.98. The number of benzene rings is 1. The summed E-state index contributed by atoms with van der Waals surface area (Å²) in [6, 6.07) is 5.02. The summed E-state index contributed by atoms with van der Waals surface area (Å²) in [5.74, 6) is -0.159. The molecule has 1 aromatic carbocycles. The Hall–Kier alpha value is -1.39. The lowest BCUT2D eigenvalue weighted by atomic mass is 10.1. The first kappa shape index (κ1) is 17.7. The maximum absolute atomic E-state index is 13.5. The molecule has 0 spiro atoms. The Morgan fingerprint density at radius 2 is 2.19 bits per heavy atom. The van der Waals surface area contributed by atoms with E-state index in [-0.39, 0.29) is 17.2 Å². The van der Waals surface area contributed by atoms with E-state index in [0.717, 1.165) is 11.1 Å². The van der Waals surface area contributed by atoms with Gasteiger partial charge < -0.3 is 10.3 Å². The van der Waals surface area contributed by atoms with Crippen LogP contribution >= 0.6 is 11.6 Å². The zero-order chi connectivity index (χ0) is 15.8. The van der Waals surface area contributed by atoms with Gasteiger partial charge in [0.2, 0.25) is 0 Å². The van der Waals surface area contributed by atoms with Crippen LogP contribution in [0.1, 0.15) is 18.1 Å². The molecule has 21 heavy (non-hydrogen) atoms. The van der Waals surface area contributed by atoms with Crippen LogP contribution in [0, 0.1) is 5.82 Å². The number of nitrogens with one attached hydrogen (secondary N) is 1. The largest absolute Gasteiger partial charge is 0.303 e. The number of aryl methyl sites for hydroxylation is 1. The van der Waals surface area contributed by atoms with Crippen molar-refractivity contribution in [3.63, 3.8) is 0 Å². The molecule has 0 bridgehead atoms. The first-order chi connectivity index (χ1) is 9.97. The van der Waals surface area contributed by atoms with Gasteiger partial charge in [0.05, 0.1) is 11.4 Å². The van der Waals surface area contributed by atoms with E-state index in [1.54, 1.807) is 23.4 Å². The molecule has 2 unspecified atom stereocenters. The van der Waals surface area contributed by atoms with Crippen molar-refractivity contribution in [2.75, 3.05) is 14.1 Å². The Labute approximate surface area is 131 Å². The Kier molecular flexibility index (Phi) is 7.40. The van der Waals surface area contributed by atoms with Crippen LogP contribution in [-0.2, 0) is 13.0 Å². The third kappa shape index (κ3) is 5.86. The minimum atomic E-state index is -0.264. The van der Waals surface area contributed by atoms with E-state index in [1.807, 2.05) is 27.1 Å². The maximum atomic E-state index is 13.5. The molecule has 116 valence electrons. The average molecular weight is 312 g/mol. The molecule has 0 aliphatic heterocycles. The van der Waals surface area contributed by atoms with E-state index < -0.39 is 0 Å². The third-order valence-electron chi connectivity index (χ3n) is 3.06. The molecule has 0 fully saturated rings. The van der Waals surface area contributed by atoms with Gasteiger partial charge in [-0.2, -0.15) is 5.10 Å². The van der Waals surface area contributed by atoms with Crippen LogP contribution in [0.3, 0.4) is 0 Å². The summed E-state index contributed by atoms with van der Waals surface area (Å²) in [4.78, 5) is 0. The van der Waals surface area contributed by atoms with Gasteiger partial charge in [0.25, 0.3) is 0 Å². The third-order valence-corrected chi connectivity index (χ3v) is 3.51. The molecule has 0 aromatic heterocycles. The van der Waals surface area contributed by atoms with Crippen molar-refractivity contribution in [1.29, 1.82) is 0 Å². The summed E-state index contributed by atoms with van der Waals surface area (Å²) in [5, 5.41) is 8.96. The molecular weight excluding hydrogens is 289 g/mol. The van der Waals surface area contributed by atoms with Crippen molar-refractivity contribution < 1.29 is 4.39 Å². The predicted molar refractivity (Wildman–Crippen MR) is 88.4 cm³/mol. The Bertz CT molecular complexity index is 488. The fourth-order valence-corrected chi connectivity index (χ4v) is 2.00. The van der Waals surface area contributed by atoms with E-state index in [0.29, 0.717) is 13.0 Å². The van der Waals surface area contributed by atoms with Gasteiger partial charge >= 0.3 is 0 Å². The summed E-state index contributed by atoms with van der Waals surface area (Å²) in [6.07, 6.45) is 4.10. The van der Waals surface area contributed by atoms with Crippen LogP contribution in [0.25, 0.3) is 0 Å². The lowest BCUT2D eigenvalue weighted by Gasteiger charge is -2.18. The molecule has 0 amide bonds. The van der Waals surface area contributed by atoms with Crippen molar-refractivity contribution in [3.8, 4) is 0 Å². The standard InChI is InChI=1S/C16H23ClFN3/c1-5-13-9-12(7-8-15(13)18)10-19-16(14(17)6-2)11-20-21(3)4/h6-9,11,14,16,19H,2,5,10H2,1,3-4H3/b20-11-. The number of hydrogen-bond donors (Lipinski definition) is 1. The minimum absolute atomic E-state index is 0.137. The SMILES string of the molecule is C=CC(Cl)C(/C=N\N(C)C)NCc1ccc(F)c(CC)c1. The normalized spacial score (nSPS) is 14.1. The molecule has 5 heteroatoms. The van der Waals surface area contributed by atoms with Crippen molar-refractivity contribution >= 4 is 17.8 Å².